The van der Waals surface area contributed by atoms with Crippen LogP contribution in [-0.2, 0) is 5.41 Å². The van der Waals surface area contributed by atoms with Gasteiger partial charge in [0, 0.05) is 33.4 Å². The molecule has 0 bridgehead atoms. The molecule has 252 valence electrons. The molecule has 0 saturated heterocycles. The van der Waals surface area contributed by atoms with Gasteiger partial charge in [-0.15, -0.1) is 0 Å². The standard InChI is InChI=1S/C48H34N4O/c1-48(2)38-23-11-9-21-36(38)44-39(48)24-14-25-41(44)50(34-20-13-17-32(29-34)31-15-5-3-6-16-31)35-27-28-40-42(30-35)51(33-18-7-4-8-19-33)47-49-46-45(52(40)47)37-22-10-12-26-43(37)53-46/h3-30H,1-2H3. The molecule has 1 aliphatic carbocycles. The Morgan fingerprint density at radius 2 is 1.28 bits per heavy atom. The Bertz CT molecular complexity index is 3040. The van der Waals surface area contributed by atoms with Gasteiger partial charge in [-0.2, -0.15) is 4.98 Å². The van der Waals surface area contributed by atoms with Crippen molar-refractivity contribution in [2.24, 2.45) is 0 Å². The molecule has 7 aromatic carbocycles. The van der Waals surface area contributed by atoms with Gasteiger partial charge in [0.05, 0.1) is 16.7 Å². The summed E-state index contributed by atoms with van der Waals surface area (Å²) >= 11 is 0. The van der Waals surface area contributed by atoms with Crippen molar-refractivity contribution in [3.63, 3.8) is 0 Å². The number of hydrogen-bond acceptors (Lipinski definition) is 3. The molecule has 10 aromatic rings. The summed E-state index contributed by atoms with van der Waals surface area (Å²) in [5.41, 5.74) is 16.4. The van der Waals surface area contributed by atoms with E-state index in [1.807, 2.05) is 12.1 Å². The molecule has 3 heterocycles. The first-order chi connectivity index (χ1) is 26.1. The topological polar surface area (TPSA) is 38.6 Å². The summed E-state index contributed by atoms with van der Waals surface area (Å²) in [6, 6.07) is 60.8. The molecule has 11 rings (SSSR count). The van der Waals surface area contributed by atoms with Gasteiger partial charge in [-0.3, -0.25) is 8.97 Å². The van der Waals surface area contributed by atoms with Crippen LogP contribution in [0.25, 0.3) is 67.0 Å². The number of para-hydroxylation sites is 2. The average molecular weight is 683 g/mol. The van der Waals surface area contributed by atoms with Crippen LogP contribution in [0.1, 0.15) is 25.0 Å². The first kappa shape index (κ1) is 29.8. The maximum Gasteiger partial charge on any atom is 0.248 e. The Kier molecular flexibility index (Phi) is 6.23. The minimum Gasteiger partial charge on any atom is -0.436 e. The van der Waals surface area contributed by atoms with Crippen LogP contribution in [0.2, 0.25) is 0 Å². The minimum absolute atomic E-state index is 0.129. The smallest absolute Gasteiger partial charge is 0.248 e. The highest BCUT2D eigenvalue weighted by atomic mass is 16.3. The van der Waals surface area contributed by atoms with Crippen molar-refractivity contribution in [2.45, 2.75) is 19.3 Å². The van der Waals surface area contributed by atoms with E-state index in [0.717, 1.165) is 56.0 Å². The molecule has 0 fully saturated rings. The van der Waals surface area contributed by atoms with Crippen LogP contribution in [0.4, 0.5) is 17.1 Å². The van der Waals surface area contributed by atoms with Crippen LogP contribution in [0.3, 0.4) is 0 Å². The summed E-state index contributed by atoms with van der Waals surface area (Å²) < 4.78 is 10.8. The maximum atomic E-state index is 6.30. The van der Waals surface area contributed by atoms with Gasteiger partial charge >= 0.3 is 0 Å². The van der Waals surface area contributed by atoms with E-state index in [-0.39, 0.29) is 5.41 Å². The van der Waals surface area contributed by atoms with Crippen LogP contribution in [0.5, 0.6) is 0 Å². The molecule has 0 radical (unpaired) electrons. The zero-order valence-electron chi connectivity index (χ0n) is 29.4. The van der Waals surface area contributed by atoms with E-state index in [4.69, 9.17) is 9.40 Å². The van der Waals surface area contributed by atoms with Gasteiger partial charge in [0.2, 0.25) is 11.5 Å². The largest absolute Gasteiger partial charge is 0.436 e. The SMILES string of the molecule is CC1(C)c2ccccc2-c2c(N(c3cccc(-c4ccccc4)c3)c3ccc4c(c3)n(-c3ccccc3)c3nc5oc6ccccc6c5n43)cccc21. The third-order valence-electron chi connectivity index (χ3n) is 11.1. The van der Waals surface area contributed by atoms with E-state index in [0.29, 0.717) is 5.71 Å². The van der Waals surface area contributed by atoms with Gasteiger partial charge in [-0.1, -0.05) is 123 Å². The van der Waals surface area contributed by atoms with Crippen LogP contribution < -0.4 is 4.90 Å². The highest BCUT2D eigenvalue weighted by Gasteiger charge is 2.38. The number of hydrogen-bond donors (Lipinski definition) is 0. The number of imidazole rings is 2. The number of rotatable bonds is 5. The zero-order chi connectivity index (χ0) is 35.3. The van der Waals surface area contributed by atoms with Crippen molar-refractivity contribution in [2.75, 3.05) is 4.90 Å². The molecule has 5 nitrogen and oxygen atoms in total. The molecule has 0 amide bonds. The monoisotopic (exact) mass is 682 g/mol. The van der Waals surface area contributed by atoms with Crippen molar-refractivity contribution < 1.29 is 4.42 Å². The van der Waals surface area contributed by atoms with Crippen molar-refractivity contribution >= 4 is 56.1 Å². The van der Waals surface area contributed by atoms with E-state index in [1.54, 1.807) is 0 Å². The molecule has 0 unspecified atom stereocenters. The van der Waals surface area contributed by atoms with Crippen LogP contribution in [0, 0.1) is 0 Å². The van der Waals surface area contributed by atoms with Gasteiger partial charge in [0.1, 0.15) is 11.1 Å². The predicted octanol–water partition coefficient (Wildman–Crippen LogP) is 12.6. The Balaban J connectivity index is 1.22. The summed E-state index contributed by atoms with van der Waals surface area (Å²) in [6.45, 7) is 4.69. The average Bonchev–Trinajstić information content (AvgIpc) is 3.90. The van der Waals surface area contributed by atoms with Gasteiger partial charge < -0.3 is 9.32 Å². The second kappa shape index (κ2) is 11.1. The molecule has 3 aromatic heterocycles. The Morgan fingerprint density at radius 3 is 2.15 bits per heavy atom. The lowest BCUT2D eigenvalue weighted by atomic mass is 9.82. The highest BCUT2D eigenvalue weighted by molar-refractivity contribution is 6.06. The summed E-state index contributed by atoms with van der Waals surface area (Å²) in [4.78, 5) is 7.58. The second-order valence-corrected chi connectivity index (χ2v) is 14.5. The van der Waals surface area contributed by atoms with Gasteiger partial charge in [-0.05, 0) is 88.5 Å². The fourth-order valence-corrected chi connectivity index (χ4v) is 8.69. The molecule has 0 atom stereocenters. The fourth-order valence-electron chi connectivity index (χ4n) is 8.69. The summed E-state index contributed by atoms with van der Waals surface area (Å²) in [6.07, 6.45) is 0. The van der Waals surface area contributed by atoms with Crippen molar-refractivity contribution in [3.8, 4) is 27.9 Å². The molecular formula is C48H34N4O. The first-order valence-electron chi connectivity index (χ1n) is 18.1. The lowest BCUT2D eigenvalue weighted by Gasteiger charge is -2.29. The number of benzene rings is 7. The lowest BCUT2D eigenvalue weighted by molar-refractivity contribution is 0.656. The molecular weight excluding hydrogens is 649 g/mol. The van der Waals surface area contributed by atoms with E-state index in [2.05, 4.69) is 185 Å². The Morgan fingerprint density at radius 1 is 0.585 bits per heavy atom. The summed E-state index contributed by atoms with van der Waals surface area (Å²) in [5, 5.41) is 1.05. The molecule has 0 spiro atoms. The zero-order valence-corrected chi connectivity index (χ0v) is 29.4. The van der Waals surface area contributed by atoms with Crippen molar-refractivity contribution in [1.82, 2.24) is 14.0 Å². The third-order valence-corrected chi connectivity index (χ3v) is 11.1. The van der Waals surface area contributed by atoms with Crippen LogP contribution >= 0.6 is 0 Å². The molecule has 0 N–H and O–H groups in total. The number of furan rings is 1. The summed E-state index contributed by atoms with van der Waals surface area (Å²) in [5.74, 6) is 0.816. The van der Waals surface area contributed by atoms with Crippen molar-refractivity contribution in [3.05, 3.63) is 181 Å². The lowest BCUT2D eigenvalue weighted by Crippen LogP contribution is -2.16. The molecule has 0 aliphatic heterocycles. The maximum absolute atomic E-state index is 6.30. The first-order valence-corrected chi connectivity index (χ1v) is 18.1. The quantitative estimate of drug-likeness (QED) is 0.181. The van der Waals surface area contributed by atoms with E-state index < -0.39 is 0 Å². The number of fused-ring (bicyclic) bond motifs is 10. The Labute approximate surface area is 306 Å². The number of anilines is 3. The minimum atomic E-state index is -0.129. The van der Waals surface area contributed by atoms with E-state index >= 15 is 0 Å². The van der Waals surface area contributed by atoms with Crippen LogP contribution in [0.15, 0.2) is 174 Å². The predicted molar refractivity (Wildman–Crippen MR) is 217 cm³/mol. The van der Waals surface area contributed by atoms with Gasteiger partial charge in [0.15, 0.2) is 0 Å². The second-order valence-electron chi connectivity index (χ2n) is 14.5. The number of nitrogens with zero attached hydrogens (tertiary/aromatic N) is 4. The summed E-state index contributed by atoms with van der Waals surface area (Å²) in [7, 11) is 0. The van der Waals surface area contributed by atoms with Gasteiger partial charge in [0.25, 0.3) is 0 Å². The van der Waals surface area contributed by atoms with Crippen LogP contribution in [-0.4, -0.2) is 14.0 Å². The highest BCUT2D eigenvalue weighted by Crippen LogP contribution is 2.54. The molecule has 0 saturated carbocycles. The van der Waals surface area contributed by atoms with Gasteiger partial charge in [-0.25, -0.2) is 0 Å². The number of aromatic nitrogens is 3. The molecule has 53 heavy (non-hydrogen) atoms. The van der Waals surface area contributed by atoms with E-state index in [1.165, 1.54) is 33.4 Å². The normalized spacial score (nSPS) is 13.2. The Hall–Kier alpha value is -6.85. The third kappa shape index (κ3) is 4.28. The van der Waals surface area contributed by atoms with E-state index in [9.17, 15) is 0 Å². The van der Waals surface area contributed by atoms with Crippen molar-refractivity contribution in [1.29, 1.82) is 0 Å². The molecule has 5 heteroatoms. The fraction of sp³-hybridized carbons (Fsp3) is 0.0625. The molecule has 1 aliphatic rings.